The molecule has 3 aromatic carbocycles. The molecule has 7 heteroatoms. The molecule has 6 nitrogen and oxygen atoms in total. The number of sulfone groups is 1. The number of hydrogen-bond donors (Lipinski definition) is 0. The van der Waals surface area contributed by atoms with E-state index < -0.39 is 9.84 Å². The molecule has 0 fully saturated rings. The number of carbonyl (C=O) groups excluding carboxylic acids is 1. The van der Waals surface area contributed by atoms with E-state index in [1.54, 1.807) is 31.4 Å². The predicted molar refractivity (Wildman–Crippen MR) is 125 cm³/mol. The Morgan fingerprint density at radius 3 is 2.30 bits per heavy atom. The summed E-state index contributed by atoms with van der Waals surface area (Å²) in [4.78, 5) is 13.4. The van der Waals surface area contributed by atoms with Gasteiger partial charge in [0.1, 0.15) is 6.61 Å². The van der Waals surface area contributed by atoms with Crippen LogP contribution in [0.1, 0.15) is 39.9 Å². The third-order valence-corrected chi connectivity index (χ3v) is 6.87. The fourth-order valence-corrected chi connectivity index (χ4v) is 4.75. The molecule has 0 heterocycles. The lowest BCUT2D eigenvalue weighted by Gasteiger charge is -2.20. The van der Waals surface area contributed by atoms with E-state index in [0.29, 0.717) is 30.3 Å². The van der Waals surface area contributed by atoms with E-state index in [0.717, 1.165) is 22.3 Å². The van der Waals surface area contributed by atoms with Crippen LogP contribution in [0.15, 0.2) is 65.6 Å². The maximum atomic E-state index is 13.2. The lowest BCUT2D eigenvalue weighted by atomic mass is 9.93. The Morgan fingerprint density at radius 2 is 1.67 bits per heavy atom. The second-order valence-electron chi connectivity index (χ2n) is 7.93. The molecule has 0 saturated heterocycles. The summed E-state index contributed by atoms with van der Waals surface area (Å²) in [7, 11) is -1.73. The smallest absolute Gasteiger partial charge is 0.203 e. The maximum Gasteiger partial charge on any atom is 0.203 e. The van der Waals surface area contributed by atoms with Crippen LogP contribution in [0.4, 0.5) is 0 Å². The predicted octanol–water partition coefficient (Wildman–Crippen LogP) is 4.60. The molecule has 1 aliphatic rings. The van der Waals surface area contributed by atoms with Gasteiger partial charge in [-0.2, -0.15) is 0 Å². The van der Waals surface area contributed by atoms with Crippen molar-refractivity contribution >= 4 is 15.6 Å². The number of rotatable bonds is 8. The maximum absolute atomic E-state index is 13.2. The zero-order valence-electron chi connectivity index (χ0n) is 18.8. The molecule has 0 saturated carbocycles. The van der Waals surface area contributed by atoms with E-state index in [2.05, 4.69) is 0 Å². The van der Waals surface area contributed by atoms with Crippen LogP contribution in [0.3, 0.4) is 0 Å². The van der Waals surface area contributed by atoms with Gasteiger partial charge in [0.15, 0.2) is 27.1 Å². The molecular weight excluding hydrogens is 440 g/mol. The first kappa shape index (κ1) is 22.9. The molecule has 0 spiro atoms. The fourth-order valence-electron chi connectivity index (χ4n) is 4.12. The molecule has 0 amide bonds. The minimum atomic E-state index is -3.27. The van der Waals surface area contributed by atoms with Gasteiger partial charge in [0, 0.05) is 17.4 Å². The molecule has 4 rings (SSSR count). The molecule has 0 bridgehead atoms. The molecule has 0 N–H and O–H groups in total. The molecule has 0 aromatic heterocycles. The van der Waals surface area contributed by atoms with E-state index in [9.17, 15) is 13.2 Å². The standard InChI is InChI=1S/C26H26O6S/c1-4-31-23-14-13-21(22-15-18-7-5-6-8-20(18)24(22)27)25(26(23)30-2)32-16-17-9-11-19(12-10-17)33(3,28)29/h5-14,22H,4,15-16H2,1-3H3. The molecule has 0 aliphatic heterocycles. The number of methoxy groups -OCH3 is 1. The first-order valence-corrected chi connectivity index (χ1v) is 12.6. The topological polar surface area (TPSA) is 78.9 Å². The van der Waals surface area contributed by atoms with Crippen LogP contribution in [0.2, 0.25) is 0 Å². The van der Waals surface area contributed by atoms with Gasteiger partial charge in [0.05, 0.1) is 24.5 Å². The van der Waals surface area contributed by atoms with E-state index in [4.69, 9.17) is 14.2 Å². The van der Waals surface area contributed by atoms with Gasteiger partial charge in [-0.25, -0.2) is 8.42 Å². The average molecular weight is 467 g/mol. The molecule has 1 atom stereocenters. The Bertz CT molecular complexity index is 1280. The summed E-state index contributed by atoms with van der Waals surface area (Å²) in [6, 6.07) is 17.8. The molecule has 3 aromatic rings. The number of benzene rings is 3. The first-order valence-electron chi connectivity index (χ1n) is 10.7. The molecule has 33 heavy (non-hydrogen) atoms. The summed E-state index contributed by atoms with van der Waals surface area (Å²) in [6.07, 6.45) is 1.76. The highest BCUT2D eigenvalue weighted by Gasteiger charge is 2.35. The van der Waals surface area contributed by atoms with Gasteiger partial charge in [-0.05, 0) is 42.7 Å². The van der Waals surface area contributed by atoms with Crippen molar-refractivity contribution in [2.24, 2.45) is 0 Å². The summed E-state index contributed by atoms with van der Waals surface area (Å²) >= 11 is 0. The van der Waals surface area contributed by atoms with Crippen molar-refractivity contribution in [3.63, 3.8) is 0 Å². The summed E-state index contributed by atoms with van der Waals surface area (Å²) < 4.78 is 41.0. The lowest BCUT2D eigenvalue weighted by Crippen LogP contribution is -2.11. The SMILES string of the molecule is CCOc1ccc(C2Cc3ccccc3C2=O)c(OCc2ccc(S(C)(=O)=O)cc2)c1OC. The van der Waals surface area contributed by atoms with Gasteiger partial charge >= 0.3 is 0 Å². The van der Waals surface area contributed by atoms with Crippen molar-refractivity contribution in [2.45, 2.75) is 30.8 Å². The highest BCUT2D eigenvalue weighted by Crippen LogP contribution is 2.46. The van der Waals surface area contributed by atoms with Gasteiger partial charge in [0.25, 0.3) is 0 Å². The minimum absolute atomic E-state index is 0.0548. The number of ether oxygens (including phenoxy) is 3. The molecule has 0 radical (unpaired) electrons. The largest absolute Gasteiger partial charge is 0.490 e. The summed E-state index contributed by atoms with van der Waals surface area (Å²) in [5, 5.41) is 0. The zero-order valence-corrected chi connectivity index (χ0v) is 19.6. The summed E-state index contributed by atoms with van der Waals surface area (Å²) in [5.41, 5.74) is 3.28. The van der Waals surface area contributed by atoms with Crippen LogP contribution in [0.25, 0.3) is 0 Å². The monoisotopic (exact) mass is 466 g/mol. The number of Topliss-reactive ketones (excluding diaryl/α,β-unsaturated/α-hetero) is 1. The third kappa shape index (κ3) is 4.59. The van der Waals surface area contributed by atoms with Crippen molar-refractivity contribution in [3.05, 3.63) is 82.9 Å². The molecular formula is C26H26O6S. The number of ketones is 1. The van der Waals surface area contributed by atoms with Crippen molar-refractivity contribution in [1.82, 2.24) is 0 Å². The average Bonchev–Trinajstić information content (AvgIpc) is 3.14. The Kier molecular flexibility index (Phi) is 6.42. The lowest BCUT2D eigenvalue weighted by molar-refractivity contribution is 0.0970. The molecule has 1 aliphatic carbocycles. The van der Waals surface area contributed by atoms with Gasteiger partial charge in [-0.3, -0.25) is 4.79 Å². The minimum Gasteiger partial charge on any atom is -0.490 e. The van der Waals surface area contributed by atoms with Crippen molar-refractivity contribution in [1.29, 1.82) is 0 Å². The highest BCUT2D eigenvalue weighted by molar-refractivity contribution is 7.90. The number of fused-ring (bicyclic) bond motifs is 1. The van der Waals surface area contributed by atoms with Crippen LogP contribution in [0, 0.1) is 0 Å². The normalized spacial score (nSPS) is 15.2. The highest BCUT2D eigenvalue weighted by atomic mass is 32.2. The van der Waals surface area contributed by atoms with Gasteiger partial charge in [-0.1, -0.05) is 42.5 Å². The van der Waals surface area contributed by atoms with Crippen LogP contribution in [0.5, 0.6) is 17.2 Å². The Hall–Kier alpha value is -3.32. The van der Waals surface area contributed by atoms with Crippen LogP contribution >= 0.6 is 0 Å². The first-order chi connectivity index (χ1) is 15.8. The fraction of sp³-hybridized carbons (Fsp3) is 0.269. The second kappa shape index (κ2) is 9.27. The summed E-state index contributed by atoms with van der Waals surface area (Å²) in [5.74, 6) is 1.11. The van der Waals surface area contributed by atoms with Gasteiger partial charge in [0.2, 0.25) is 5.75 Å². The van der Waals surface area contributed by atoms with Crippen LogP contribution in [-0.4, -0.2) is 34.2 Å². The zero-order chi connectivity index (χ0) is 23.6. The Balaban J connectivity index is 1.69. The number of hydrogen-bond acceptors (Lipinski definition) is 6. The van der Waals surface area contributed by atoms with Crippen LogP contribution in [-0.2, 0) is 22.9 Å². The van der Waals surface area contributed by atoms with E-state index >= 15 is 0 Å². The van der Waals surface area contributed by atoms with E-state index in [1.807, 2.05) is 43.3 Å². The second-order valence-corrected chi connectivity index (χ2v) is 9.95. The third-order valence-electron chi connectivity index (χ3n) is 5.74. The van der Waals surface area contributed by atoms with Gasteiger partial charge in [-0.15, -0.1) is 0 Å². The Labute approximate surface area is 194 Å². The quantitative estimate of drug-likeness (QED) is 0.483. The molecule has 1 unspecified atom stereocenters. The van der Waals surface area contributed by atoms with Crippen molar-refractivity contribution < 1.29 is 27.4 Å². The van der Waals surface area contributed by atoms with E-state index in [1.165, 1.54) is 6.26 Å². The van der Waals surface area contributed by atoms with Crippen molar-refractivity contribution in [3.8, 4) is 17.2 Å². The Morgan fingerprint density at radius 1 is 0.939 bits per heavy atom. The summed E-state index contributed by atoms with van der Waals surface area (Å²) in [6.45, 7) is 2.51. The van der Waals surface area contributed by atoms with Crippen molar-refractivity contribution in [2.75, 3.05) is 20.0 Å². The van der Waals surface area contributed by atoms with Crippen LogP contribution < -0.4 is 14.2 Å². The van der Waals surface area contributed by atoms with Gasteiger partial charge < -0.3 is 14.2 Å². The number of carbonyl (C=O) groups is 1. The molecule has 172 valence electrons. The van der Waals surface area contributed by atoms with E-state index in [-0.39, 0.29) is 23.2 Å².